The smallest absolute Gasteiger partial charge is 0.244 e. The van der Waals surface area contributed by atoms with Crippen LogP contribution < -0.4 is 9.62 Å². The van der Waals surface area contributed by atoms with Crippen molar-refractivity contribution in [2.75, 3.05) is 24.2 Å². The fourth-order valence-corrected chi connectivity index (χ4v) is 4.59. The number of likely N-dealkylation sites (N-methyl/N-ethyl adjacent to an activating group) is 1. The van der Waals surface area contributed by atoms with Crippen LogP contribution in [0, 0.1) is 13.8 Å². The highest BCUT2D eigenvalue weighted by atomic mass is 35.5. The number of nitrogens with one attached hydrogen (secondary N) is 1. The molecule has 0 aromatic heterocycles. The lowest BCUT2D eigenvalue weighted by Crippen LogP contribution is -2.50. The number of hydrogen-bond donors (Lipinski definition) is 1. The molecule has 0 spiro atoms. The molecular weight excluding hydrogens is 473 g/mol. The van der Waals surface area contributed by atoms with Crippen LogP contribution in [0.4, 0.5) is 5.69 Å². The van der Waals surface area contributed by atoms with Crippen molar-refractivity contribution >= 4 is 50.7 Å². The van der Waals surface area contributed by atoms with Crippen molar-refractivity contribution in [1.29, 1.82) is 0 Å². The summed E-state index contributed by atoms with van der Waals surface area (Å²) in [5, 5.41) is 3.30. The predicted molar refractivity (Wildman–Crippen MR) is 129 cm³/mol. The van der Waals surface area contributed by atoms with E-state index in [1.165, 1.54) is 11.9 Å². The molecule has 0 aliphatic heterocycles. The van der Waals surface area contributed by atoms with Gasteiger partial charge in [0.25, 0.3) is 0 Å². The molecule has 1 unspecified atom stereocenters. The third-order valence-electron chi connectivity index (χ3n) is 5.29. The van der Waals surface area contributed by atoms with Gasteiger partial charge in [-0.25, -0.2) is 8.42 Å². The van der Waals surface area contributed by atoms with Gasteiger partial charge >= 0.3 is 0 Å². The molecule has 2 aromatic carbocycles. The third kappa shape index (κ3) is 6.15. The Morgan fingerprint density at radius 2 is 1.78 bits per heavy atom. The van der Waals surface area contributed by atoms with Gasteiger partial charge in [-0.3, -0.25) is 13.9 Å². The number of carbonyl (C=O) groups is 2. The Labute approximate surface area is 199 Å². The summed E-state index contributed by atoms with van der Waals surface area (Å²) in [7, 11) is -2.31. The average Bonchev–Trinajstić information content (AvgIpc) is 2.71. The maximum absolute atomic E-state index is 13.4. The van der Waals surface area contributed by atoms with E-state index >= 15 is 0 Å². The van der Waals surface area contributed by atoms with Crippen molar-refractivity contribution in [2.45, 2.75) is 33.4 Å². The first-order valence-electron chi connectivity index (χ1n) is 9.85. The molecule has 32 heavy (non-hydrogen) atoms. The second kappa shape index (κ2) is 10.6. The van der Waals surface area contributed by atoms with E-state index in [1.807, 2.05) is 13.0 Å². The zero-order valence-electron chi connectivity index (χ0n) is 18.6. The molecule has 0 bridgehead atoms. The van der Waals surface area contributed by atoms with E-state index in [0.29, 0.717) is 21.3 Å². The maximum Gasteiger partial charge on any atom is 0.244 e. The first-order valence-corrected chi connectivity index (χ1v) is 12.5. The van der Waals surface area contributed by atoms with E-state index in [4.69, 9.17) is 23.2 Å². The minimum Gasteiger partial charge on any atom is -0.357 e. The molecule has 0 radical (unpaired) electrons. The number of rotatable bonds is 8. The molecule has 0 fully saturated rings. The highest BCUT2D eigenvalue weighted by Crippen LogP contribution is 2.26. The second-order valence-corrected chi connectivity index (χ2v) is 10.3. The van der Waals surface area contributed by atoms with Crippen molar-refractivity contribution in [3.63, 3.8) is 0 Å². The van der Waals surface area contributed by atoms with Gasteiger partial charge in [0.15, 0.2) is 0 Å². The van der Waals surface area contributed by atoms with Crippen molar-refractivity contribution < 1.29 is 18.0 Å². The van der Waals surface area contributed by atoms with E-state index in [1.54, 1.807) is 44.2 Å². The van der Waals surface area contributed by atoms with E-state index in [-0.39, 0.29) is 12.5 Å². The van der Waals surface area contributed by atoms with Gasteiger partial charge in [0.05, 0.1) is 11.9 Å². The topological polar surface area (TPSA) is 86.8 Å². The van der Waals surface area contributed by atoms with Crippen LogP contribution in [0.3, 0.4) is 0 Å². The number of hydrogen-bond acceptors (Lipinski definition) is 4. The number of aryl methyl sites for hydroxylation is 1. The Morgan fingerprint density at radius 1 is 1.12 bits per heavy atom. The van der Waals surface area contributed by atoms with Gasteiger partial charge in [0, 0.05) is 23.6 Å². The first-order chi connectivity index (χ1) is 14.9. The summed E-state index contributed by atoms with van der Waals surface area (Å²) >= 11 is 12.2. The molecule has 2 amide bonds. The summed E-state index contributed by atoms with van der Waals surface area (Å²) in [5.41, 5.74) is 2.64. The Bertz CT molecular complexity index is 1120. The number of halogens is 2. The van der Waals surface area contributed by atoms with Crippen molar-refractivity contribution in [1.82, 2.24) is 10.2 Å². The lowest BCUT2D eigenvalue weighted by Gasteiger charge is -2.32. The zero-order chi connectivity index (χ0) is 24.2. The summed E-state index contributed by atoms with van der Waals surface area (Å²) in [6.07, 6.45) is 1.05. The Hall–Kier alpha value is -2.29. The van der Waals surface area contributed by atoms with Gasteiger partial charge in [-0.15, -0.1) is 0 Å². The molecule has 10 heteroatoms. The van der Waals surface area contributed by atoms with Crippen LogP contribution in [0.2, 0.25) is 10.0 Å². The summed E-state index contributed by atoms with van der Waals surface area (Å²) < 4.78 is 26.3. The Kier molecular flexibility index (Phi) is 8.56. The van der Waals surface area contributed by atoms with Crippen molar-refractivity contribution in [2.24, 2.45) is 0 Å². The molecule has 1 N–H and O–H groups in total. The molecule has 0 saturated heterocycles. The van der Waals surface area contributed by atoms with E-state index in [0.717, 1.165) is 21.7 Å². The molecule has 2 rings (SSSR count). The molecule has 174 valence electrons. The van der Waals surface area contributed by atoms with Crippen molar-refractivity contribution in [3.8, 4) is 0 Å². The first kappa shape index (κ1) is 26.0. The van der Waals surface area contributed by atoms with Crippen LogP contribution >= 0.6 is 23.2 Å². The molecular formula is C22H27Cl2N3O4S. The van der Waals surface area contributed by atoms with Crippen molar-refractivity contribution in [3.05, 3.63) is 63.1 Å². The largest absolute Gasteiger partial charge is 0.357 e. The van der Waals surface area contributed by atoms with E-state index in [9.17, 15) is 18.0 Å². The Balaban J connectivity index is 2.46. The van der Waals surface area contributed by atoms with Gasteiger partial charge in [0.1, 0.15) is 12.6 Å². The van der Waals surface area contributed by atoms with Gasteiger partial charge in [-0.2, -0.15) is 0 Å². The number of carbonyl (C=O) groups excluding carboxylic acids is 2. The van der Waals surface area contributed by atoms with Gasteiger partial charge < -0.3 is 10.2 Å². The molecule has 7 nitrogen and oxygen atoms in total. The molecule has 0 saturated carbocycles. The van der Waals surface area contributed by atoms with E-state index < -0.39 is 28.5 Å². The highest BCUT2D eigenvalue weighted by molar-refractivity contribution is 7.92. The summed E-state index contributed by atoms with van der Waals surface area (Å²) in [6, 6.07) is 9.24. The number of anilines is 1. The average molecular weight is 500 g/mol. The molecule has 0 heterocycles. The SMILES string of the molecule is CNC(=O)C(C)N(Cc1ccc(Cl)cc1Cl)C(=O)CN(c1cccc(C)c1C)S(C)(=O)=O. The lowest BCUT2D eigenvalue weighted by atomic mass is 10.1. The number of benzene rings is 2. The number of nitrogens with zero attached hydrogens (tertiary/aromatic N) is 2. The lowest BCUT2D eigenvalue weighted by molar-refractivity contribution is -0.139. The van der Waals surface area contributed by atoms with Crippen LogP contribution in [0.15, 0.2) is 36.4 Å². The van der Waals surface area contributed by atoms with Crippen LogP contribution in [-0.4, -0.2) is 51.0 Å². The third-order valence-corrected chi connectivity index (χ3v) is 7.01. The molecule has 2 aromatic rings. The fraction of sp³-hybridized carbons (Fsp3) is 0.364. The van der Waals surface area contributed by atoms with E-state index in [2.05, 4.69) is 5.32 Å². The normalized spacial score (nSPS) is 12.2. The summed E-state index contributed by atoms with van der Waals surface area (Å²) in [5.74, 6) is -0.931. The van der Waals surface area contributed by atoms with Gasteiger partial charge in [-0.1, -0.05) is 41.4 Å². The Morgan fingerprint density at radius 3 is 2.34 bits per heavy atom. The van der Waals surface area contributed by atoms with Crippen LogP contribution in [0.5, 0.6) is 0 Å². The minimum absolute atomic E-state index is 0.00776. The number of sulfonamides is 1. The van der Waals surface area contributed by atoms with Crippen LogP contribution in [-0.2, 0) is 26.2 Å². The highest BCUT2D eigenvalue weighted by Gasteiger charge is 2.30. The van der Waals surface area contributed by atoms with Crippen LogP contribution in [0.1, 0.15) is 23.6 Å². The van der Waals surface area contributed by atoms with Gasteiger partial charge in [-0.05, 0) is 55.7 Å². The number of amides is 2. The monoisotopic (exact) mass is 499 g/mol. The maximum atomic E-state index is 13.4. The standard InChI is InChI=1S/C22H27Cl2N3O4S/c1-14-7-6-8-20(15(14)2)27(32(5,30)31)13-21(28)26(16(3)22(29)25-4)12-17-9-10-18(23)11-19(17)24/h6-11,16H,12-13H2,1-5H3,(H,25,29). The summed E-state index contributed by atoms with van der Waals surface area (Å²) in [6.45, 7) is 4.78. The summed E-state index contributed by atoms with van der Waals surface area (Å²) in [4.78, 5) is 27.0. The van der Waals surface area contributed by atoms with Gasteiger partial charge in [0.2, 0.25) is 21.8 Å². The fourth-order valence-electron chi connectivity index (χ4n) is 3.23. The zero-order valence-corrected chi connectivity index (χ0v) is 21.0. The second-order valence-electron chi connectivity index (χ2n) is 7.54. The van der Waals surface area contributed by atoms with Crippen LogP contribution in [0.25, 0.3) is 0 Å². The molecule has 0 aliphatic carbocycles. The molecule has 1 atom stereocenters. The molecule has 0 aliphatic rings. The minimum atomic E-state index is -3.78. The quantitative estimate of drug-likeness (QED) is 0.601. The predicted octanol–water partition coefficient (Wildman–Crippen LogP) is 3.54.